The SMILES string of the molecule is CN=C(NCCc1c[nH]c2ccc(F)cc12)NCC1(c2ccc(F)cc2)CCOCC1.I. The zero-order valence-corrected chi connectivity index (χ0v) is 20.4. The van der Waals surface area contributed by atoms with Crippen LogP contribution in [0.4, 0.5) is 8.78 Å². The highest BCUT2D eigenvalue weighted by molar-refractivity contribution is 14.0. The minimum Gasteiger partial charge on any atom is -0.381 e. The molecular formula is C24H29F2IN4O. The van der Waals surface area contributed by atoms with Crippen molar-refractivity contribution in [1.82, 2.24) is 15.6 Å². The first-order valence-electron chi connectivity index (χ1n) is 10.6. The first-order valence-corrected chi connectivity index (χ1v) is 10.6. The summed E-state index contributed by atoms with van der Waals surface area (Å²) in [6.45, 7) is 2.71. The van der Waals surface area contributed by atoms with Gasteiger partial charge in [-0.25, -0.2) is 8.78 Å². The van der Waals surface area contributed by atoms with Gasteiger partial charge in [0.15, 0.2) is 5.96 Å². The number of nitrogens with zero attached hydrogens (tertiary/aromatic N) is 1. The summed E-state index contributed by atoms with van der Waals surface area (Å²) in [4.78, 5) is 7.53. The molecule has 1 saturated heterocycles. The molecule has 0 atom stereocenters. The number of fused-ring (bicyclic) bond motifs is 1. The van der Waals surface area contributed by atoms with Gasteiger partial charge in [-0.1, -0.05) is 12.1 Å². The predicted octanol–water partition coefficient (Wildman–Crippen LogP) is 4.52. The van der Waals surface area contributed by atoms with Crippen molar-refractivity contribution in [3.05, 3.63) is 71.4 Å². The molecule has 32 heavy (non-hydrogen) atoms. The second-order valence-electron chi connectivity index (χ2n) is 8.01. The Hall–Kier alpha value is -2.20. The molecule has 0 saturated carbocycles. The lowest BCUT2D eigenvalue weighted by Crippen LogP contribution is -2.48. The lowest BCUT2D eigenvalue weighted by molar-refractivity contribution is 0.0513. The van der Waals surface area contributed by atoms with Gasteiger partial charge in [-0.2, -0.15) is 0 Å². The van der Waals surface area contributed by atoms with E-state index in [1.165, 1.54) is 18.2 Å². The highest BCUT2D eigenvalue weighted by Gasteiger charge is 2.34. The standard InChI is InChI=1S/C24H28F2N4O.HI/c1-27-23(28-11-8-17-15-29-22-7-6-20(26)14-21(17)22)30-16-24(9-12-31-13-10-24)18-2-4-19(25)5-3-18;/h2-7,14-15,29H,8-13,16H2,1H3,(H2,27,28,30);1H. The molecule has 5 nitrogen and oxygen atoms in total. The van der Waals surface area contributed by atoms with Crippen LogP contribution in [0.25, 0.3) is 10.9 Å². The molecule has 1 fully saturated rings. The van der Waals surface area contributed by atoms with E-state index in [1.54, 1.807) is 19.2 Å². The zero-order chi connectivity index (χ0) is 21.7. The van der Waals surface area contributed by atoms with E-state index >= 15 is 0 Å². The quantitative estimate of drug-likeness (QED) is 0.239. The molecule has 3 aromatic rings. The maximum absolute atomic E-state index is 13.6. The molecule has 172 valence electrons. The number of H-pyrrole nitrogens is 1. The van der Waals surface area contributed by atoms with E-state index in [0.29, 0.717) is 32.3 Å². The van der Waals surface area contributed by atoms with Gasteiger partial charge in [0, 0.05) is 55.9 Å². The fourth-order valence-electron chi connectivity index (χ4n) is 4.28. The Balaban J connectivity index is 0.00000289. The lowest BCUT2D eigenvalue weighted by atomic mass is 9.74. The van der Waals surface area contributed by atoms with Crippen molar-refractivity contribution in [1.29, 1.82) is 0 Å². The van der Waals surface area contributed by atoms with Crippen LogP contribution in [0.5, 0.6) is 0 Å². The van der Waals surface area contributed by atoms with E-state index in [1.807, 2.05) is 18.3 Å². The molecule has 0 amide bonds. The lowest BCUT2D eigenvalue weighted by Gasteiger charge is -2.38. The summed E-state index contributed by atoms with van der Waals surface area (Å²) in [6, 6.07) is 11.5. The number of halogens is 3. The topological polar surface area (TPSA) is 61.4 Å². The zero-order valence-electron chi connectivity index (χ0n) is 18.1. The van der Waals surface area contributed by atoms with E-state index in [0.717, 1.165) is 41.3 Å². The third kappa shape index (κ3) is 5.58. The average molecular weight is 554 g/mol. The molecule has 1 aliphatic heterocycles. The Morgan fingerprint density at radius 2 is 1.78 bits per heavy atom. The Morgan fingerprint density at radius 1 is 1.06 bits per heavy atom. The largest absolute Gasteiger partial charge is 0.381 e. The van der Waals surface area contributed by atoms with Gasteiger partial charge in [-0.3, -0.25) is 4.99 Å². The van der Waals surface area contributed by atoms with Crippen LogP contribution in [0.15, 0.2) is 53.7 Å². The minimum atomic E-state index is -0.235. The average Bonchev–Trinajstić information content (AvgIpc) is 3.19. The Bertz CT molecular complexity index is 1050. The molecular weight excluding hydrogens is 525 g/mol. The van der Waals surface area contributed by atoms with Gasteiger partial charge in [0.05, 0.1) is 0 Å². The normalized spacial score (nSPS) is 15.9. The van der Waals surface area contributed by atoms with Gasteiger partial charge >= 0.3 is 0 Å². The number of ether oxygens (including phenoxy) is 1. The van der Waals surface area contributed by atoms with Gasteiger partial charge in [0.1, 0.15) is 11.6 Å². The van der Waals surface area contributed by atoms with E-state index in [2.05, 4.69) is 20.6 Å². The second-order valence-corrected chi connectivity index (χ2v) is 8.01. The summed E-state index contributed by atoms with van der Waals surface area (Å²) >= 11 is 0. The molecule has 0 unspecified atom stereocenters. The van der Waals surface area contributed by atoms with Crippen molar-refractivity contribution in [2.24, 2.45) is 4.99 Å². The maximum Gasteiger partial charge on any atom is 0.191 e. The summed E-state index contributed by atoms with van der Waals surface area (Å²) in [5.41, 5.74) is 2.98. The molecule has 0 aliphatic carbocycles. The number of hydrogen-bond donors (Lipinski definition) is 3. The van der Waals surface area contributed by atoms with Gasteiger partial charge < -0.3 is 20.4 Å². The van der Waals surface area contributed by atoms with Crippen LogP contribution in [0.3, 0.4) is 0 Å². The van der Waals surface area contributed by atoms with Crippen molar-refractivity contribution < 1.29 is 13.5 Å². The van der Waals surface area contributed by atoms with Crippen LogP contribution in [0.1, 0.15) is 24.0 Å². The van der Waals surface area contributed by atoms with Crippen LogP contribution in [-0.4, -0.2) is 44.3 Å². The van der Waals surface area contributed by atoms with Crippen LogP contribution in [0.2, 0.25) is 0 Å². The minimum absolute atomic E-state index is 0. The van der Waals surface area contributed by atoms with Crippen molar-refractivity contribution in [3.8, 4) is 0 Å². The Kier molecular flexibility index (Phi) is 8.47. The van der Waals surface area contributed by atoms with Crippen LogP contribution in [-0.2, 0) is 16.6 Å². The van der Waals surface area contributed by atoms with E-state index in [9.17, 15) is 8.78 Å². The van der Waals surface area contributed by atoms with Gasteiger partial charge in [0.2, 0.25) is 0 Å². The van der Waals surface area contributed by atoms with Crippen molar-refractivity contribution >= 4 is 40.8 Å². The number of aliphatic imine (C=N–C) groups is 1. The summed E-state index contributed by atoms with van der Waals surface area (Å²) in [6.07, 6.45) is 4.39. The molecule has 2 heterocycles. The van der Waals surface area contributed by atoms with E-state index in [4.69, 9.17) is 4.74 Å². The van der Waals surface area contributed by atoms with Gasteiger partial charge in [-0.05, 0) is 60.7 Å². The fraction of sp³-hybridized carbons (Fsp3) is 0.375. The van der Waals surface area contributed by atoms with Crippen molar-refractivity contribution in [2.75, 3.05) is 33.4 Å². The predicted molar refractivity (Wildman–Crippen MR) is 135 cm³/mol. The first kappa shape index (κ1) is 24.4. The summed E-state index contributed by atoms with van der Waals surface area (Å²) in [7, 11) is 1.74. The van der Waals surface area contributed by atoms with E-state index < -0.39 is 0 Å². The Labute approximate surface area is 204 Å². The molecule has 1 aromatic heterocycles. The van der Waals surface area contributed by atoms with Gasteiger partial charge in [-0.15, -0.1) is 24.0 Å². The molecule has 0 bridgehead atoms. The molecule has 3 N–H and O–H groups in total. The maximum atomic E-state index is 13.6. The smallest absolute Gasteiger partial charge is 0.191 e. The highest BCUT2D eigenvalue weighted by atomic mass is 127. The molecule has 0 spiro atoms. The van der Waals surface area contributed by atoms with Crippen LogP contribution in [0, 0.1) is 11.6 Å². The molecule has 1 aliphatic rings. The van der Waals surface area contributed by atoms with Crippen molar-refractivity contribution in [3.63, 3.8) is 0 Å². The third-order valence-electron chi connectivity index (χ3n) is 6.14. The number of nitrogens with one attached hydrogen (secondary N) is 3. The van der Waals surface area contributed by atoms with Gasteiger partial charge in [0.25, 0.3) is 0 Å². The summed E-state index contributed by atoms with van der Waals surface area (Å²) < 4.78 is 32.6. The molecule has 4 rings (SSSR count). The molecule has 2 aromatic carbocycles. The summed E-state index contributed by atoms with van der Waals surface area (Å²) in [5, 5.41) is 7.69. The first-order chi connectivity index (χ1) is 15.1. The molecule has 0 radical (unpaired) electrons. The monoisotopic (exact) mass is 554 g/mol. The number of aromatic nitrogens is 1. The third-order valence-corrected chi connectivity index (χ3v) is 6.14. The Morgan fingerprint density at radius 3 is 2.50 bits per heavy atom. The fourth-order valence-corrected chi connectivity index (χ4v) is 4.28. The van der Waals surface area contributed by atoms with Crippen LogP contribution < -0.4 is 10.6 Å². The van der Waals surface area contributed by atoms with Crippen LogP contribution >= 0.6 is 24.0 Å². The second kappa shape index (κ2) is 11.1. The molecule has 8 heteroatoms. The number of hydrogen-bond acceptors (Lipinski definition) is 2. The summed E-state index contributed by atoms with van der Waals surface area (Å²) in [5.74, 6) is 0.244. The highest BCUT2D eigenvalue weighted by Crippen LogP contribution is 2.34. The number of aromatic amines is 1. The number of rotatable bonds is 6. The van der Waals surface area contributed by atoms with E-state index in [-0.39, 0.29) is 41.0 Å². The van der Waals surface area contributed by atoms with Crippen molar-refractivity contribution in [2.45, 2.75) is 24.7 Å². The number of guanidine groups is 1. The number of benzene rings is 2.